The Morgan fingerprint density at radius 2 is 1.79 bits per heavy atom. The highest BCUT2D eigenvalue weighted by Crippen LogP contribution is 2.38. The second-order valence-corrected chi connectivity index (χ2v) is 3.47. The molecule has 4 N–H and O–H groups in total. The van der Waals surface area contributed by atoms with Crippen molar-refractivity contribution in [3.05, 3.63) is 23.8 Å². The van der Waals surface area contributed by atoms with Crippen LogP contribution < -0.4 is 20.9 Å². The summed E-state index contributed by atoms with van der Waals surface area (Å²) in [6.07, 6.45) is 0. The number of aryl methyl sites for hydroxylation is 1. The summed E-state index contributed by atoms with van der Waals surface area (Å²) in [6.45, 7) is 2.49. The summed E-state index contributed by atoms with van der Waals surface area (Å²) >= 11 is 0. The molecule has 0 atom stereocenters. The molecule has 2 rings (SSSR count). The van der Waals surface area contributed by atoms with Crippen molar-refractivity contribution in [1.82, 2.24) is 0 Å². The third-order valence-electron chi connectivity index (χ3n) is 2.31. The lowest BCUT2D eigenvalue weighted by atomic mass is 10.2. The molecule has 0 spiro atoms. The van der Waals surface area contributed by atoms with E-state index >= 15 is 0 Å². The molecule has 0 saturated heterocycles. The average molecular weight is 194 g/mol. The molecule has 0 amide bonds. The Morgan fingerprint density at radius 1 is 1.14 bits per heavy atom. The molecule has 1 aliphatic rings. The van der Waals surface area contributed by atoms with Crippen LogP contribution in [0.4, 0.5) is 0 Å². The van der Waals surface area contributed by atoms with Gasteiger partial charge in [0, 0.05) is 0 Å². The summed E-state index contributed by atoms with van der Waals surface area (Å²) in [6, 6.07) is 5.76. The second-order valence-electron chi connectivity index (χ2n) is 3.47. The minimum atomic E-state index is -0.865. The number of fused-ring (bicyclic) bond motifs is 1. The number of ether oxygens (including phenoxy) is 2. The van der Waals surface area contributed by atoms with Crippen LogP contribution in [0.2, 0.25) is 0 Å². The monoisotopic (exact) mass is 194 g/mol. The SMILES string of the molecule is Cc1ccc2c(c1)OC(CN)(CN)O2. The lowest BCUT2D eigenvalue weighted by Crippen LogP contribution is -2.52. The van der Waals surface area contributed by atoms with Gasteiger partial charge in [-0.05, 0) is 24.6 Å². The van der Waals surface area contributed by atoms with Gasteiger partial charge >= 0.3 is 0 Å². The van der Waals surface area contributed by atoms with Crippen molar-refractivity contribution >= 4 is 0 Å². The van der Waals surface area contributed by atoms with Crippen molar-refractivity contribution in [1.29, 1.82) is 0 Å². The van der Waals surface area contributed by atoms with Crippen LogP contribution in [0, 0.1) is 6.92 Å². The van der Waals surface area contributed by atoms with Crippen LogP contribution in [0.15, 0.2) is 18.2 Å². The van der Waals surface area contributed by atoms with Gasteiger partial charge in [0.15, 0.2) is 11.5 Å². The molecule has 4 nitrogen and oxygen atoms in total. The second kappa shape index (κ2) is 3.15. The molecule has 0 fully saturated rings. The van der Waals surface area contributed by atoms with Crippen LogP contribution in [0.5, 0.6) is 11.5 Å². The Kier molecular flexibility index (Phi) is 2.09. The van der Waals surface area contributed by atoms with Gasteiger partial charge in [0.05, 0.1) is 13.1 Å². The predicted molar refractivity (Wildman–Crippen MR) is 53.3 cm³/mol. The molecule has 1 aromatic carbocycles. The van der Waals surface area contributed by atoms with Gasteiger partial charge in [-0.3, -0.25) is 0 Å². The van der Waals surface area contributed by atoms with E-state index in [9.17, 15) is 0 Å². The maximum absolute atomic E-state index is 5.60. The van der Waals surface area contributed by atoms with Gasteiger partial charge in [-0.2, -0.15) is 0 Å². The Bertz CT molecular complexity index is 348. The molecule has 0 aliphatic carbocycles. The maximum Gasteiger partial charge on any atom is 0.275 e. The lowest BCUT2D eigenvalue weighted by Gasteiger charge is -2.23. The zero-order chi connectivity index (χ0) is 10.2. The summed E-state index contributed by atoms with van der Waals surface area (Å²) in [5.41, 5.74) is 12.3. The Morgan fingerprint density at radius 3 is 2.43 bits per heavy atom. The quantitative estimate of drug-likeness (QED) is 0.714. The maximum atomic E-state index is 5.60. The fourth-order valence-electron chi connectivity index (χ4n) is 1.45. The van der Waals surface area contributed by atoms with E-state index in [0.717, 1.165) is 11.3 Å². The molecular formula is C10H14N2O2. The molecule has 0 radical (unpaired) electrons. The zero-order valence-corrected chi connectivity index (χ0v) is 8.12. The van der Waals surface area contributed by atoms with Crippen molar-refractivity contribution in [2.45, 2.75) is 12.7 Å². The fourth-order valence-corrected chi connectivity index (χ4v) is 1.45. The van der Waals surface area contributed by atoms with Gasteiger partial charge in [0.1, 0.15) is 0 Å². The van der Waals surface area contributed by atoms with Crippen LogP contribution in [-0.2, 0) is 0 Å². The molecule has 0 unspecified atom stereocenters. The summed E-state index contributed by atoms with van der Waals surface area (Å²) in [7, 11) is 0. The van der Waals surface area contributed by atoms with Crippen LogP contribution in [-0.4, -0.2) is 18.9 Å². The van der Waals surface area contributed by atoms with Crippen molar-refractivity contribution in [3.63, 3.8) is 0 Å². The van der Waals surface area contributed by atoms with Crippen LogP contribution in [0.1, 0.15) is 5.56 Å². The van der Waals surface area contributed by atoms with E-state index in [1.54, 1.807) is 0 Å². The lowest BCUT2D eigenvalue weighted by molar-refractivity contribution is -0.0609. The Balaban J connectivity index is 2.33. The largest absolute Gasteiger partial charge is 0.446 e. The fraction of sp³-hybridized carbons (Fsp3) is 0.400. The smallest absolute Gasteiger partial charge is 0.275 e. The van der Waals surface area contributed by atoms with Gasteiger partial charge < -0.3 is 20.9 Å². The minimum Gasteiger partial charge on any atom is -0.446 e. The third kappa shape index (κ3) is 1.32. The predicted octanol–water partition coefficient (Wildman–Crippen LogP) is 0.380. The van der Waals surface area contributed by atoms with Gasteiger partial charge in [-0.15, -0.1) is 0 Å². The molecule has 1 heterocycles. The van der Waals surface area contributed by atoms with Crippen LogP contribution >= 0.6 is 0 Å². The zero-order valence-electron chi connectivity index (χ0n) is 8.12. The van der Waals surface area contributed by atoms with Gasteiger partial charge in [-0.1, -0.05) is 6.07 Å². The van der Waals surface area contributed by atoms with Crippen molar-refractivity contribution < 1.29 is 9.47 Å². The number of nitrogens with two attached hydrogens (primary N) is 2. The van der Waals surface area contributed by atoms with E-state index in [4.69, 9.17) is 20.9 Å². The highest BCUT2D eigenvalue weighted by atomic mass is 16.7. The van der Waals surface area contributed by atoms with E-state index in [1.165, 1.54) is 0 Å². The highest BCUT2D eigenvalue weighted by Gasteiger charge is 2.38. The van der Waals surface area contributed by atoms with Crippen molar-refractivity contribution in [2.24, 2.45) is 11.5 Å². The molecule has 76 valence electrons. The average Bonchev–Trinajstić information content (AvgIpc) is 2.56. The van der Waals surface area contributed by atoms with Gasteiger partial charge in [0.2, 0.25) is 0 Å². The topological polar surface area (TPSA) is 70.5 Å². The van der Waals surface area contributed by atoms with Crippen molar-refractivity contribution in [2.75, 3.05) is 13.1 Å². The Hall–Kier alpha value is -1.26. The van der Waals surface area contributed by atoms with Gasteiger partial charge in [0.25, 0.3) is 5.79 Å². The van der Waals surface area contributed by atoms with Crippen LogP contribution in [0.25, 0.3) is 0 Å². The normalized spacial score (nSPS) is 17.1. The summed E-state index contributed by atoms with van der Waals surface area (Å²) in [5.74, 6) is 0.572. The molecule has 0 bridgehead atoms. The van der Waals surface area contributed by atoms with Crippen molar-refractivity contribution in [3.8, 4) is 11.5 Å². The van der Waals surface area contributed by atoms with E-state index in [0.29, 0.717) is 5.75 Å². The minimum absolute atomic E-state index is 0.247. The summed E-state index contributed by atoms with van der Waals surface area (Å²) in [4.78, 5) is 0. The standard InChI is InChI=1S/C10H14N2O2/c1-7-2-3-8-9(4-7)14-10(5-11,6-12)13-8/h2-4H,5-6,11-12H2,1H3. The van der Waals surface area contributed by atoms with E-state index < -0.39 is 5.79 Å². The molecule has 1 aliphatic heterocycles. The number of rotatable bonds is 2. The van der Waals surface area contributed by atoms with E-state index in [-0.39, 0.29) is 13.1 Å². The number of hydrogen-bond acceptors (Lipinski definition) is 4. The first-order valence-electron chi connectivity index (χ1n) is 4.58. The van der Waals surface area contributed by atoms with Crippen LogP contribution in [0.3, 0.4) is 0 Å². The van der Waals surface area contributed by atoms with E-state index in [2.05, 4.69) is 0 Å². The van der Waals surface area contributed by atoms with E-state index in [1.807, 2.05) is 25.1 Å². The molecule has 4 heteroatoms. The third-order valence-corrected chi connectivity index (χ3v) is 2.31. The molecule has 14 heavy (non-hydrogen) atoms. The first-order valence-corrected chi connectivity index (χ1v) is 4.58. The summed E-state index contributed by atoms with van der Waals surface area (Å²) in [5, 5.41) is 0. The number of hydrogen-bond donors (Lipinski definition) is 2. The highest BCUT2D eigenvalue weighted by molar-refractivity contribution is 5.45. The first-order chi connectivity index (χ1) is 6.69. The molecular weight excluding hydrogens is 180 g/mol. The number of benzene rings is 1. The summed E-state index contributed by atoms with van der Waals surface area (Å²) < 4.78 is 11.2. The molecule has 0 aromatic heterocycles. The molecule has 0 saturated carbocycles. The first kappa shape index (κ1) is 9.30. The molecule has 1 aromatic rings. The Labute approximate surface area is 82.8 Å². The van der Waals surface area contributed by atoms with Gasteiger partial charge in [-0.25, -0.2) is 0 Å².